The number of hydrogen-bond donors (Lipinski definition) is 1. The number of hydrogen-bond acceptors (Lipinski definition) is 1. The lowest BCUT2D eigenvalue weighted by molar-refractivity contribution is 0.238. The van der Waals surface area contributed by atoms with Gasteiger partial charge in [0.1, 0.15) is 6.10 Å². The van der Waals surface area contributed by atoms with Crippen molar-refractivity contribution in [3.8, 4) is 11.8 Å². The highest BCUT2D eigenvalue weighted by Gasteiger charge is 2.00. The maximum Gasteiger partial charge on any atom is 0.140 e. The first kappa shape index (κ1) is 12.8. The summed E-state index contributed by atoms with van der Waals surface area (Å²) in [4.78, 5) is 0. The molecule has 1 aromatic carbocycles. The highest BCUT2D eigenvalue weighted by molar-refractivity contribution is 5.24. The minimum Gasteiger partial charge on any atom is -0.376 e. The lowest BCUT2D eigenvalue weighted by Crippen LogP contribution is -1.92. The fraction of sp³-hybridized carbons (Fsp3) is 0.467. The second-order valence-corrected chi connectivity index (χ2v) is 3.94. The van der Waals surface area contributed by atoms with E-state index < -0.39 is 6.10 Å². The zero-order valence-corrected chi connectivity index (χ0v) is 9.95. The van der Waals surface area contributed by atoms with Crippen molar-refractivity contribution in [2.75, 3.05) is 0 Å². The Labute approximate surface area is 98.5 Å². The van der Waals surface area contributed by atoms with Gasteiger partial charge in [0.15, 0.2) is 0 Å². The van der Waals surface area contributed by atoms with E-state index in [4.69, 9.17) is 0 Å². The number of aliphatic hydroxyl groups excluding tert-OH is 1. The van der Waals surface area contributed by atoms with E-state index in [1.54, 1.807) is 0 Å². The quantitative estimate of drug-likeness (QED) is 0.588. The van der Waals surface area contributed by atoms with Crippen molar-refractivity contribution in [2.24, 2.45) is 0 Å². The molecule has 0 spiro atoms. The van der Waals surface area contributed by atoms with E-state index in [-0.39, 0.29) is 0 Å². The number of benzene rings is 1. The predicted molar refractivity (Wildman–Crippen MR) is 67.9 cm³/mol. The van der Waals surface area contributed by atoms with Crippen LogP contribution in [0.2, 0.25) is 0 Å². The predicted octanol–water partition coefficient (Wildman–Crippen LogP) is 3.69. The molecule has 0 heterocycles. The third kappa shape index (κ3) is 5.00. The van der Waals surface area contributed by atoms with Crippen LogP contribution in [0.1, 0.15) is 50.7 Å². The van der Waals surface area contributed by atoms with Gasteiger partial charge in [-0.25, -0.2) is 0 Å². The van der Waals surface area contributed by atoms with Crippen LogP contribution in [0.25, 0.3) is 0 Å². The molecule has 1 atom stereocenters. The zero-order valence-electron chi connectivity index (χ0n) is 9.95. The molecule has 0 bridgehead atoms. The van der Waals surface area contributed by atoms with Crippen LogP contribution in [-0.2, 0) is 0 Å². The van der Waals surface area contributed by atoms with Crippen LogP contribution in [0.5, 0.6) is 0 Å². The van der Waals surface area contributed by atoms with E-state index in [9.17, 15) is 5.11 Å². The molecule has 1 nitrogen and oxygen atoms in total. The molecule has 0 aliphatic rings. The van der Waals surface area contributed by atoms with E-state index in [0.717, 1.165) is 18.4 Å². The average molecular weight is 216 g/mol. The molecule has 1 N–H and O–H groups in total. The van der Waals surface area contributed by atoms with Crippen LogP contribution in [0.3, 0.4) is 0 Å². The Kier molecular flexibility index (Phi) is 6.37. The molecule has 0 saturated carbocycles. The molecule has 0 radical (unpaired) electrons. The second kappa shape index (κ2) is 7.96. The molecule has 1 aromatic rings. The Bertz CT molecular complexity index is 331. The Balaban J connectivity index is 2.29. The summed E-state index contributed by atoms with van der Waals surface area (Å²) in [5.74, 6) is 5.92. The molecule has 0 aromatic heterocycles. The monoisotopic (exact) mass is 216 g/mol. The summed E-state index contributed by atoms with van der Waals surface area (Å²) in [6.45, 7) is 2.20. The minimum atomic E-state index is -0.632. The summed E-state index contributed by atoms with van der Waals surface area (Å²) in [6, 6.07) is 9.57. The second-order valence-electron chi connectivity index (χ2n) is 3.94. The van der Waals surface area contributed by atoms with Gasteiger partial charge in [-0.05, 0) is 12.0 Å². The summed E-state index contributed by atoms with van der Waals surface area (Å²) < 4.78 is 0. The molecular weight excluding hydrogens is 196 g/mol. The van der Waals surface area contributed by atoms with E-state index >= 15 is 0 Å². The first-order valence-electron chi connectivity index (χ1n) is 6.06. The van der Waals surface area contributed by atoms with Gasteiger partial charge in [0.25, 0.3) is 0 Å². The van der Waals surface area contributed by atoms with Crippen LogP contribution in [0, 0.1) is 11.8 Å². The molecule has 16 heavy (non-hydrogen) atoms. The Morgan fingerprint density at radius 2 is 1.88 bits per heavy atom. The van der Waals surface area contributed by atoms with Crippen molar-refractivity contribution in [2.45, 2.75) is 45.1 Å². The van der Waals surface area contributed by atoms with Crippen molar-refractivity contribution < 1.29 is 5.11 Å². The lowest BCUT2D eigenvalue weighted by atomic mass is 10.1. The van der Waals surface area contributed by atoms with Gasteiger partial charge in [-0.15, -0.1) is 5.92 Å². The van der Waals surface area contributed by atoms with Crippen molar-refractivity contribution in [3.05, 3.63) is 35.9 Å². The molecule has 1 unspecified atom stereocenters. The van der Waals surface area contributed by atoms with Gasteiger partial charge >= 0.3 is 0 Å². The Hall–Kier alpha value is -1.26. The van der Waals surface area contributed by atoms with Crippen molar-refractivity contribution >= 4 is 0 Å². The van der Waals surface area contributed by atoms with Gasteiger partial charge < -0.3 is 5.11 Å². The molecule has 1 rings (SSSR count). The third-order valence-corrected chi connectivity index (χ3v) is 2.51. The van der Waals surface area contributed by atoms with Gasteiger partial charge in [0.05, 0.1) is 0 Å². The maximum absolute atomic E-state index is 9.75. The van der Waals surface area contributed by atoms with E-state index in [1.807, 2.05) is 30.3 Å². The molecule has 0 saturated heterocycles. The van der Waals surface area contributed by atoms with Crippen LogP contribution in [0.4, 0.5) is 0 Å². The zero-order chi connectivity index (χ0) is 11.6. The van der Waals surface area contributed by atoms with Gasteiger partial charge in [0.2, 0.25) is 0 Å². The number of unbranched alkanes of at least 4 members (excludes halogenated alkanes) is 4. The van der Waals surface area contributed by atoms with Crippen LogP contribution in [-0.4, -0.2) is 5.11 Å². The fourth-order valence-corrected chi connectivity index (χ4v) is 1.53. The maximum atomic E-state index is 9.75. The smallest absolute Gasteiger partial charge is 0.140 e. The highest BCUT2D eigenvalue weighted by atomic mass is 16.3. The standard InChI is InChI=1S/C15H20O/c1-2-3-4-5-6-10-13-15(16)14-11-8-7-9-12-14/h7-9,11-12,15-16H,2-6H2,1H3. The van der Waals surface area contributed by atoms with E-state index in [1.165, 1.54) is 19.3 Å². The first-order valence-corrected chi connectivity index (χ1v) is 6.06. The largest absolute Gasteiger partial charge is 0.376 e. The molecule has 0 aliphatic carbocycles. The van der Waals surface area contributed by atoms with Crippen LogP contribution < -0.4 is 0 Å². The van der Waals surface area contributed by atoms with Crippen molar-refractivity contribution in [1.29, 1.82) is 0 Å². The molecule has 1 heteroatoms. The molecule has 0 fully saturated rings. The third-order valence-electron chi connectivity index (χ3n) is 2.51. The van der Waals surface area contributed by atoms with Gasteiger partial charge in [-0.2, -0.15) is 0 Å². The average Bonchev–Trinajstić information content (AvgIpc) is 2.34. The van der Waals surface area contributed by atoms with Gasteiger partial charge in [-0.1, -0.05) is 62.4 Å². The Morgan fingerprint density at radius 1 is 1.12 bits per heavy atom. The summed E-state index contributed by atoms with van der Waals surface area (Å²) in [7, 11) is 0. The lowest BCUT2D eigenvalue weighted by Gasteiger charge is -2.01. The fourth-order valence-electron chi connectivity index (χ4n) is 1.53. The summed E-state index contributed by atoms with van der Waals surface area (Å²) in [5.41, 5.74) is 0.878. The normalized spacial score (nSPS) is 11.6. The van der Waals surface area contributed by atoms with E-state index in [2.05, 4.69) is 18.8 Å². The molecular formula is C15H20O. The van der Waals surface area contributed by atoms with Crippen molar-refractivity contribution in [3.63, 3.8) is 0 Å². The Morgan fingerprint density at radius 3 is 2.56 bits per heavy atom. The molecule has 0 amide bonds. The highest BCUT2D eigenvalue weighted by Crippen LogP contribution is 2.10. The van der Waals surface area contributed by atoms with E-state index in [0.29, 0.717) is 0 Å². The van der Waals surface area contributed by atoms with Gasteiger partial charge in [-0.3, -0.25) is 0 Å². The van der Waals surface area contributed by atoms with Crippen LogP contribution >= 0.6 is 0 Å². The summed E-state index contributed by atoms with van der Waals surface area (Å²) >= 11 is 0. The van der Waals surface area contributed by atoms with Crippen molar-refractivity contribution in [1.82, 2.24) is 0 Å². The first-order chi connectivity index (χ1) is 7.84. The molecule has 0 aliphatic heterocycles. The van der Waals surface area contributed by atoms with Crippen LogP contribution in [0.15, 0.2) is 30.3 Å². The molecule has 86 valence electrons. The van der Waals surface area contributed by atoms with Gasteiger partial charge in [0, 0.05) is 6.42 Å². The summed E-state index contributed by atoms with van der Waals surface area (Å²) in [5, 5.41) is 9.75. The minimum absolute atomic E-state index is 0.632. The number of aliphatic hydroxyl groups is 1. The number of rotatable bonds is 5. The topological polar surface area (TPSA) is 20.2 Å². The summed E-state index contributed by atoms with van der Waals surface area (Å²) in [6.07, 6.45) is 5.18. The SMILES string of the molecule is CCCCCCC#CC(O)c1ccccc1.